The van der Waals surface area contributed by atoms with Gasteiger partial charge in [0.1, 0.15) is 17.4 Å². The highest BCUT2D eigenvalue weighted by Crippen LogP contribution is 2.23. The molecule has 0 aliphatic carbocycles. The Hall–Kier alpha value is -1.68. The van der Waals surface area contributed by atoms with Crippen LogP contribution in [0.2, 0.25) is 0 Å². The zero-order valence-electron chi connectivity index (χ0n) is 10.3. The van der Waals surface area contributed by atoms with Gasteiger partial charge in [-0.3, -0.25) is 0 Å². The number of likely N-dealkylation sites (N-methyl/N-ethyl adjacent to an activating group) is 1. The highest BCUT2D eigenvalue weighted by Gasteiger charge is 2.16. The minimum Gasteiger partial charge on any atom is -0.467 e. The van der Waals surface area contributed by atoms with E-state index in [2.05, 4.69) is 5.32 Å². The van der Waals surface area contributed by atoms with E-state index in [0.29, 0.717) is 12.0 Å². The maximum Gasteiger partial charge on any atom is 0.126 e. The number of rotatable bonds is 4. The first kappa shape index (κ1) is 12.8. The van der Waals surface area contributed by atoms with Gasteiger partial charge >= 0.3 is 0 Å². The van der Waals surface area contributed by atoms with Crippen LogP contribution in [0.5, 0.6) is 0 Å². The predicted molar refractivity (Wildman–Crippen MR) is 65.3 cm³/mol. The molecule has 1 atom stereocenters. The number of hydrogen-bond acceptors (Lipinski definition) is 2. The van der Waals surface area contributed by atoms with Crippen LogP contribution in [-0.2, 0) is 6.42 Å². The third-order valence-corrected chi connectivity index (χ3v) is 2.93. The molecule has 2 rings (SSSR count). The van der Waals surface area contributed by atoms with E-state index in [1.807, 2.05) is 13.0 Å². The fourth-order valence-corrected chi connectivity index (χ4v) is 2.03. The van der Waals surface area contributed by atoms with E-state index in [-0.39, 0.29) is 6.04 Å². The molecule has 1 heterocycles. The van der Waals surface area contributed by atoms with Crippen molar-refractivity contribution in [2.45, 2.75) is 19.4 Å². The Kier molecular flexibility index (Phi) is 3.77. The van der Waals surface area contributed by atoms with Crippen molar-refractivity contribution in [2.24, 2.45) is 0 Å². The second-order valence-corrected chi connectivity index (χ2v) is 4.29. The third-order valence-electron chi connectivity index (χ3n) is 2.93. The Morgan fingerprint density at radius 1 is 1.22 bits per heavy atom. The maximum absolute atomic E-state index is 13.1. The van der Waals surface area contributed by atoms with Crippen LogP contribution in [0.15, 0.2) is 34.9 Å². The summed E-state index contributed by atoms with van der Waals surface area (Å²) in [7, 11) is 1.79. The molecule has 1 aromatic heterocycles. The van der Waals surface area contributed by atoms with E-state index in [0.717, 1.165) is 17.4 Å². The zero-order valence-corrected chi connectivity index (χ0v) is 10.3. The Bertz CT molecular complexity index is 516. The standard InChI is InChI=1S/C14H15F2NO/c1-9-3-4-18-14(9)13(17-2)7-10-5-11(15)8-12(16)6-10/h3-6,8,13,17H,7H2,1-2H3. The highest BCUT2D eigenvalue weighted by molar-refractivity contribution is 5.24. The highest BCUT2D eigenvalue weighted by atomic mass is 19.1. The molecule has 1 aromatic carbocycles. The van der Waals surface area contributed by atoms with Gasteiger partial charge in [0, 0.05) is 6.07 Å². The quantitative estimate of drug-likeness (QED) is 0.901. The summed E-state index contributed by atoms with van der Waals surface area (Å²) in [5, 5.41) is 3.09. The van der Waals surface area contributed by atoms with Crippen molar-refractivity contribution in [2.75, 3.05) is 7.05 Å². The summed E-state index contributed by atoms with van der Waals surface area (Å²) in [6.45, 7) is 1.94. The SMILES string of the molecule is CNC(Cc1cc(F)cc(F)c1)c1occc1C. The van der Waals surface area contributed by atoms with Crippen molar-refractivity contribution in [3.63, 3.8) is 0 Å². The normalized spacial score (nSPS) is 12.7. The van der Waals surface area contributed by atoms with Gasteiger partial charge in [0.2, 0.25) is 0 Å². The minimum absolute atomic E-state index is 0.0961. The summed E-state index contributed by atoms with van der Waals surface area (Å²) in [5.74, 6) is -0.325. The molecule has 0 aliphatic heterocycles. The van der Waals surface area contributed by atoms with Crippen molar-refractivity contribution in [3.8, 4) is 0 Å². The summed E-state index contributed by atoms with van der Waals surface area (Å²) >= 11 is 0. The number of halogens is 2. The molecule has 0 bridgehead atoms. The molecule has 0 fully saturated rings. The van der Waals surface area contributed by atoms with Gasteiger partial charge in [-0.25, -0.2) is 8.78 Å². The van der Waals surface area contributed by atoms with Gasteiger partial charge in [-0.1, -0.05) is 0 Å². The Morgan fingerprint density at radius 3 is 2.39 bits per heavy atom. The number of nitrogens with one attached hydrogen (secondary N) is 1. The summed E-state index contributed by atoms with van der Waals surface area (Å²) in [5.41, 5.74) is 1.62. The molecule has 2 aromatic rings. The Labute approximate surface area is 105 Å². The van der Waals surface area contributed by atoms with Gasteiger partial charge < -0.3 is 9.73 Å². The van der Waals surface area contributed by atoms with Crippen molar-refractivity contribution in [3.05, 3.63) is 59.1 Å². The molecule has 0 aliphatic rings. The van der Waals surface area contributed by atoms with E-state index in [1.165, 1.54) is 12.1 Å². The lowest BCUT2D eigenvalue weighted by Gasteiger charge is -2.15. The monoisotopic (exact) mass is 251 g/mol. The minimum atomic E-state index is -0.559. The average Bonchev–Trinajstić information content (AvgIpc) is 2.71. The van der Waals surface area contributed by atoms with E-state index >= 15 is 0 Å². The van der Waals surface area contributed by atoms with E-state index < -0.39 is 11.6 Å². The maximum atomic E-state index is 13.1. The number of hydrogen-bond donors (Lipinski definition) is 1. The summed E-state index contributed by atoms with van der Waals surface area (Å²) < 4.78 is 31.6. The van der Waals surface area contributed by atoms with Gasteiger partial charge in [-0.05, 0) is 49.7 Å². The van der Waals surface area contributed by atoms with Gasteiger partial charge in [0.15, 0.2) is 0 Å². The summed E-state index contributed by atoms with van der Waals surface area (Å²) in [6.07, 6.45) is 2.08. The number of aryl methyl sites for hydroxylation is 1. The van der Waals surface area contributed by atoms with Crippen LogP contribution in [0.4, 0.5) is 8.78 Å². The molecule has 0 spiro atoms. The Balaban J connectivity index is 2.23. The first-order chi connectivity index (χ1) is 8.60. The molecular formula is C14H15F2NO. The lowest BCUT2D eigenvalue weighted by molar-refractivity contribution is 0.425. The smallest absolute Gasteiger partial charge is 0.126 e. The fourth-order valence-electron chi connectivity index (χ4n) is 2.03. The fraction of sp³-hybridized carbons (Fsp3) is 0.286. The van der Waals surface area contributed by atoms with Crippen molar-refractivity contribution in [1.29, 1.82) is 0 Å². The van der Waals surface area contributed by atoms with Crippen LogP contribution in [0.1, 0.15) is 22.9 Å². The molecule has 1 unspecified atom stereocenters. The van der Waals surface area contributed by atoms with Gasteiger partial charge in [0.05, 0.1) is 12.3 Å². The molecule has 0 saturated heterocycles. The van der Waals surface area contributed by atoms with Gasteiger partial charge in [0.25, 0.3) is 0 Å². The number of benzene rings is 1. The average molecular weight is 251 g/mol. The Morgan fingerprint density at radius 2 is 1.89 bits per heavy atom. The second-order valence-electron chi connectivity index (χ2n) is 4.29. The van der Waals surface area contributed by atoms with Crippen molar-refractivity contribution >= 4 is 0 Å². The van der Waals surface area contributed by atoms with Crippen LogP contribution in [0.25, 0.3) is 0 Å². The molecule has 1 N–H and O–H groups in total. The molecule has 2 nitrogen and oxygen atoms in total. The van der Waals surface area contributed by atoms with Crippen molar-refractivity contribution < 1.29 is 13.2 Å². The lowest BCUT2D eigenvalue weighted by Crippen LogP contribution is -2.19. The molecule has 4 heteroatoms. The number of furan rings is 1. The predicted octanol–water partition coefficient (Wildman–Crippen LogP) is 3.37. The first-order valence-corrected chi connectivity index (χ1v) is 5.76. The van der Waals surface area contributed by atoms with Crippen LogP contribution < -0.4 is 5.32 Å². The molecule has 96 valence electrons. The van der Waals surface area contributed by atoms with Gasteiger partial charge in [-0.15, -0.1) is 0 Å². The molecule has 0 radical (unpaired) electrons. The van der Waals surface area contributed by atoms with Crippen LogP contribution >= 0.6 is 0 Å². The largest absolute Gasteiger partial charge is 0.467 e. The summed E-state index contributed by atoms with van der Waals surface area (Å²) in [6, 6.07) is 5.32. The van der Waals surface area contributed by atoms with E-state index in [9.17, 15) is 8.78 Å². The first-order valence-electron chi connectivity index (χ1n) is 5.76. The third kappa shape index (κ3) is 2.76. The molecular weight excluding hydrogens is 236 g/mol. The van der Waals surface area contributed by atoms with Crippen LogP contribution in [0.3, 0.4) is 0 Å². The van der Waals surface area contributed by atoms with E-state index in [1.54, 1.807) is 13.3 Å². The molecule has 18 heavy (non-hydrogen) atoms. The van der Waals surface area contributed by atoms with Crippen LogP contribution in [-0.4, -0.2) is 7.05 Å². The molecule has 0 saturated carbocycles. The summed E-state index contributed by atoms with van der Waals surface area (Å²) in [4.78, 5) is 0. The van der Waals surface area contributed by atoms with Gasteiger partial charge in [-0.2, -0.15) is 0 Å². The van der Waals surface area contributed by atoms with Crippen LogP contribution in [0, 0.1) is 18.6 Å². The molecule has 0 amide bonds. The van der Waals surface area contributed by atoms with E-state index in [4.69, 9.17) is 4.42 Å². The topological polar surface area (TPSA) is 25.2 Å². The zero-order chi connectivity index (χ0) is 13.1. The second kappa shape index (κ2) is 5.31. The lowest BCUT2D eigenvalue weighted by atomic mass is 10.0. The van der Waals surface area contributed by atoms with Crippen molar-refractivity contribution in [1.82, 2.24) is 5.32 Å².